The van der Waals surface area contributed by atoms with Gasteiger partial charge in [-0.2, -0.15) is 5.10 Å². The predicted molar refractivity (Wildman–Crippen MR) is 90.5 cm³/mol. The summed E-state index contributed by atoms with van der Waals surface area (Å²) < 4.78 is 15.5. The fourth-order valence-electron chi connectivity index (χ4n) is 4.04. The third-order valence-corrected chi connectivity index (χ3v) is 5.30. The number of aliphatic hydroxyl groups excluding tert-OH is 1. The van der Waals surface area contributed by atoms with Gasteiger partial charge in [-0.25, -0.2) is 4.39 Å². The summed E-state index contributed by atoms with van der Waals surface area (Å²) in [7, 11) is 0. The Hall–Kier alpha value is -2.21. The van der Waals surface area contributed by atoms with Crippen LogP contribution in [0.4, 0.5) is 4.39 Å². The van der Waals surface area contributed by atoms with Crippen molar-refractivity contribution in [2.24, 2.45) is 0 Å². The van der Waals surface area contributed by atoms with E-state index in [0.717, 1.165) is 12.8 Å². The summed E-state index contributed by atoms with van der Waals surface area (Å²) in [6, 6.07) is 8.04. The van der Waals surface area contributed by atoms with Gasteiger partial charge in [0.05, 0.1) is 18.2 Å². The predicted octanol–water partition coefficient (Wildman–Crippen LogP) is 3.09. The average molecular weight is 343 g/mol. The zero-order valence-electron chi connectivity index (χ0n) is 14.0. The largest absolute Gasteiger partial charge is 0.391 e. The fraction of sp³-hybridized carbons (Fsp3) is 0.474. The second-order valence-electron chi connectivity index (χ2n) is 7.04. The Morgan fingerprint density at radius 2 is 2.04 bits per heavy atom. The van der Waals surface area contributed by atoms with Gasteiger partial charge in [0, 0.05) is 12.7 Å². The Morgan fingerprint density at radius 1 is 1.24 bits per heavy atom. The van der Waals surface area contributed by atoms with Crippen LogP contribution in [0.25, 0.3) is 0 Å². The van der Waals surface area contributed by atoms with Gasteiger partial charge in [-0.1, -0.05) is 25.0 Å². The molecule has 2 aliphatic rings. The summed E-state index contributed by atoms with van der Waals surface area (Å²) in [6.07, 6.45) is 6.29. The normalized spacial score (nSPS) is 24.2. The van der Waals surface area contributed by atoms with Crippen LogP contribution in [0.15, 0.2) is 36.5 Å². The first-order chi connectivity index (χ1) is 12.1. The van der Waals surface area contributed by atoms with Crippen LogP contribution < -0.4 is 0 Å². The van der Waals surface area contributed by atoms with E-state index in [-0.39, 0.29) is 24.3 Å². The summed E-state index contributed by atoms with van der Waals surface area (Å²) in [4.78, 5) is 14.5. The third kappa shape index (κ3) is 3.18. The topological polar surface area (TPSA) is 58.4 Å². The number of halogens is 1. The Balaban J connectivity index is 1.57. The molecule has 2 aromatic rings. The zero-order valence-corrected chi connectivity index (χ0v) is 14.0. The number of β-amino-alcohol motifs (C(OH)–C–C–N with tert-alkyl or cyclic N) is 1. The van der Waals surface area contributed by atoms with Crippen LogP contribution in [0.2, 0.25) is 0 Å². The van der Waals surface area contributed by atoms with E-state index in [4.69, 9.17) is 0 Å². The van der Waals surface area contributed by atoms with E-state index >= 15 is 0 Å². The van der Waals surface area contributed by atoms with Crippen molar-refractivity contribution in [3.05, 3.63) is 53.6 Å². The molecule has 1 aliphatic heterocycles. The molecule has 1 amide bonds. The van der Waals surface area contributed by atoms with E-state index in [9.17, 15) is 14.3 Å². The van der Waals surface area contributed by atoms with Crippen molar-refractivity contribution >= 4 is 5.91 Å². The first-order valence-corrected chi connectivity index (χ1v) is 8.91. The van der Waals surface area contributed by atoms with Gasteiger partial charge in [-0.15, -0.1) is 0 Å². The number of likely N-dealkylation sites (tertiary alicyclic amines) is 1. The standard InChI is InChI=1S/C19H22FN3O2/c20-14-5-3-4-13(10-14)18-11-16(24)12-22(18)19(25)17-8-9-23(21-17)15-6-1-2-7-15/h3-5,8-10,15-16,18,24H,1-2,6-7,11-12H2/t16-,18-/m1/s1. The van der Waals surface area contributed by atoms with Gasteiger partial charge in [0.1, 0.15) is 11.5 Å². The molecule has 5 nitrogen and oxygen atoms in total. The van der Waals surface area contributed by atoms with Crippen molar-refractivity contribution in [2.45, 2.75) is 50.3 Å². The lowest BCUT2D eigenvalue weighted by molar-refractivity contribution is 0.0708. The van der Waals surface area contributed by atoms with E-state index in [0.29, 0.717) is 23.7 Å². The monoisotopic (exact) mass is 343 g/mol. The van der Waals surface area contributed by atoms with Crippen molar-refractivity contribution in [3.63, 3.8) is 0 Å². The molecule has 1 aromatic carbocycles. The molecule has 0 spiro atoms. The van der Waals surface area contributed by atoms with Crippen LogP contribution in [0.5, 0.6) is 0 Å². The molecule has 4 rings (SSSR count). The number of hydrogen-bond acceptors (Lipinski definition) is 3. The van der Waals surface area contributed by atoms with Gasteiger partial charge in [-0.05, 0) is 43.0 Å². The van der Waals surface area contributed by atoms with Gasteiger partial charge < -0.3 is 10.0 Å². The lowest BCUT2D eigenvalue weighted by Gasteiger charge is -2.24. The fourth-order valence-corrected chi connectivity index (χ4v) is 4.04. The van der Waals surface area contributed by atoms with Crippen molar-refractivity contribution in [1.82, 2.24) is 14.7 Å². The molecule has 1 aromatic heterocycles. The molecule has 0 bridgehead atoms. The molecular weight excluding hydrogens is 321 g/mol. The van der Waals surface area contributed by atoms with Gasteiger partial charge in [-0.3, -0.25) is 9.48 Å². The molecule has 132 valence electrons. The highest BCUT2D eigenvalue weighted by Gasteiger charge is 2.36. The highest BCUT2D eigenvalue weighted by atomic mass is 19.1. The van der Waals surface area contributed by atoms with Crippen LogP contribution in [-0.4, -0.2) is 38.3 Å². The van der Waals surface area contributed by atoms with Gasteiger partial charge in [0.2, 0.25) is 0 Å². The highest BCUT2D eigenvalue weighted by molar-refractivity contribution is 5.92. The quantitative estimate of drug-likeness (QED) is 0.932. The summed E-state index contributed by atoms with van der Waals surface area (Å²) in [5.41, 5.74) is 1.10. The highest BCUT2D eigenvalue weighted by Crippen LogP contribution is 2.34. The number of rotatable bonds is 3. The van der Waals surface area contributed by atoms with Crippen molar-refractivity contribution in [2.75, 3.05) is 6.54 Å². The second-order valence-corrected chi connectivity index (χ2v) is 7.04. The number of hydrogen-bond donors (Lipinski definition) is 1. The maximum atomic E-state index is 13.6. The van der Waals surface area contributed by atoms with E-state index in [2.05, 4.69) is 5.10 Å². The minimum absolute atomic E-state index is 0.206. The Kier molecular flexibility index (Phi) is 4.29. The first-order valence-electron chi connectivity index (χ1n) is 8.91. The summed E-state index contributed by atoms with van der Waals surface area (Å²) in [5, 5.41) is 14.5. The molecule has 2 heterocycles. The van der Waals surface area contributed by atoms with Crippen LogP contribution in [0, 0.1) is 5.82 Å². The SMILES string of the molecule is O=C(c1ccn(C2CCCC2)n1)N1C[C@H](O)C[C@@H]1c1cccc(F)c1. The molecule has 25 heavy (non-hydrogen) atoms. The molecule has 6 heteroatoms. The summed E-state index contributed by atoms with van der Waals surface area (Å²) in [6.45, 7) is 0.246. The minimum atomic E-state index is -0.603. The van der Waals surface area contributed by atoms with Gasteiger partial charge >= 0.3 is 0 Å². The van der Waals surface area contributed by atoms with Crippen LogP contribution >= 0.6 is 0 Å². The Morgan fingerprint density at radius 3 is 2.80 bits per heavy atom. The van der Waals surface area contributed by atoms with Crippen molar-refractivity contribution < 1.29 is 14.3 Å². The maximum absolute atomic E-state index is 13.6. The number of amides is 1. The number of nitrogens with zero attached hydrogens (tertiary/aromatic N) is 3. The maximum Gasteiger partial charge on any atom is 0.274 e. The number of aromatic nitrogens is 2. The lowest BCUT2D eigenvalue weighted by Crippen LogP contribution is -2.32. The van der Waals surface area contributed by atoms with Crippen molar-refractivity contribution in [3.8, 4) is 0 Å². The minimum Gasteiger partial charge on any atom is -0.391 e. The van der Waals surface area contributed by atoms with E-state index in [1.165, 1.54) is 25.0 Å². The third-order valence-electron chi connectivity index (χ3n) is 5.30. The number of aliphatic hydroxyl groups is 1. The molecule has 1 saturated heterocycles. The summed E-state index contributed by atoms with van der Waals surface area (Å²) in [5.74, 6) is -0.542. The molecule has 1 saturated carbocycles. The van der Waals surface area contributed by atoms with Crippen LogP contribution in [0.1, 0.15) is 60.2 Å². The molecule has 0 unspecified atom stereocenters. The first kappa shape index (κ1) is 16.3. The van der Waals surface area contributed by atoms with Crippen molar-refractivity contribution in [1.29, 1.82) is 0 Å². The van der Waals surface area contributed by atoms with Crippen LogP contribution in [0.3, 0.4) is 0 Å². The number of carbonyl (C=O) groups is 1. The molecule has 2 fully saturated rings. The second kappa shape index (κ2) is 6.59. The van der Waals surface area contributed by atoms with Gasteiger partial charge in [0.15, 0.2) is 0 Å². The van der Waals surface area contributed by atoms with E-state index in [1.807, 2.05) is 10.9 Å². The molecule has 1 aliphatic carbocycles. The Bertz CT molecular complexity index is 770. The molecule has 0 radical (unpaired) electrons. The molecule has 1 N–H and O–H groups in total. The zero-order chi connectivity index (χ0) is 17.4. The molecular formula is C19H22FN3O2. The number of carbonyl (C=O) groups excluding carboxylic acids is 1. The van der Waals surface area contributed by atoms with Gasteiger partial charge in [0.25, 0.3) is 5.91 Å². The number of benzene rings is 1. The summed E-state index contributed by atoms with van der Waals surface area (Å²) >= 11 is 0. The van der Waals surface area contributed by atoms with Crippen LogP contribution in [-0.2, 0) is 0 Å². The van der Waals surface area contributed by atoms with E-state index in [1.54, 1.807) is 23.1 Å². The smallest absolute Gasteiger partial charge is 0.274 e. The molecule has 2 atom stereocenters. The lowest BCUT2D eigenvalue weighted by atomic mass is 10.0. The average Bonchev–Trinajstić information content (AvgIpc) is 3.34. The van der Waals surface area contributed by atoms with E-state index < -0.39 is 6.10 Å². The Labute approximate surface area is 146 Å².